The lowest BCUT2D eigenvalue weighted by Crippen LogP contribution is -2.20. The van der Waals surface area contributed by atoms with Crippen LogP contribution in [-0.2, 0) is 19.1 Å². The smallest absolute Gasteiger partial charge is 0.347 e. The topological polar surface area (TPSA) is 81.7 Å². The molecule has 1 N–H and O–H groups in total. The summed E-state index contributed by atoms with van der Waals surface area (Å²) in [4.78, 5) is 36.4. The number of hydrogen-bond acceptors (Lipinski definition) is 7. The zero-order valence-corrected chi connectivity index (χ0v) is 15.1. The van der Waals surface area contributed by atoms with Gasteiger partial charge in [-0.05, 0) is 32.4 Å². The van der Waals surface area contributed by atoms with Crippen LogP contribution in [-0.4, -0.2) is 25.2 Å². The highest BCUT2D eigenvalue weighted by Gasteiger charge is 2.21. The minimum atomic E-state index is -0.804. The Bertz CT molecular complexity index is 865. The third-order valence-corrected chi connectivity index (χ3v) is 4.49. The quantitative estimate of drug-likeness (QED) is 0.369. The van der Waals surface area contributed by atoms with Crippen molar-refractivity contribution in [1.29, 1.82) is 0 Å². The molecule has 1 aromatic heterocycles. The molecule has 1 aromatic carbocycles. The second kappa shape index (κ2) is 8.43. The summed E-state index contributed by atoms with van der Waals surface area (Å²) in [7, 11) is 0. The van der Waals surface area contributed by atoms with Gasteiger partial charge in [-0.15, -0.1) is 11.3 Å². The summed E-state index contributed by atoms with van der Waals surface area (Å²) in [5.74, 6) is -1.61. The van der Waals surface area contributed by atoms with E-state index in [1.807, 2.05) is 19.1 Å². The molecule has 6 nitrogen and oxygen atoms in total. The van der Waals surface area contributed by atoms with Gasteiger partial charge in [0.05, 0.1) is 18.9 Å². The molecule has 0 aliphatic carbocycles. The summed E-state index contributed by atoms with van der Waals surface area (Å²) in [6, 6.07) is 5.49. The van der Waals surface area contributed by atoms with E-state index in [2.05, 4.69) is 5.32 Å². The summed E-state index contributed by atoms with van der Waals surface area (Å²) in [5.41, 5.74) is 0.785. The van der Waals surface area contributed by atoms with Gasteiger partial charge in [0.25, 0.3) is 0 Å². The lowest BCUT2D eigenvalue weighted by atomic mass is 10.1. The number of rotatable bonds is 6. The number of carbonyl (C=O) groups is 2. The van der Waals surface area contributed by atoms with Crippen LogP contribution in [0.3, 0.4) is 0 Å². The molecule has 0 saturated carbocycles. The largest absolute Gasteiger partial charge is 0.462 e. The van der Waals surface area contributed by atoms with Crippen molar-refractivity contribution in [3.05, 3.63) is 51.1 Å². The first-order valence-electron chi connectivity index (χ1n) is 7.81. The zero-order chi connectivity index (χ0) is 18.4. The van der Waals surface area contributed by atoms with E-state index >= 15 is 0 Å². The molecule has 0 radical (unpaired) electrons. The molecule has 7 heteroatoms. The number of ether oxygens (including phenoxy) is 2. The second-order valence-corrected chi connectivity index (χ2v) is 5.95. The van der Waals surface area contributed by atoms with Gasteiger partial charge in [0.1, 0.15) is 0 Å². The Labute approximate surface area is 149 Å². The summed E-state index contributed by atoms with van der Waals surface area (Å²) in [5, 5.41) is 4.97. The van der Waals surface area contributed by atoms with Gasteiger partial charge in [0, 0.05) is 21.7 Å². The molecule has 2 aromatic rings. The number of nitrogens with one attached hydrogen (secondary N) is 1. The van der Waals surface area contributed by atoms with Crippen molar-refractivity contribution >= 4 is 39.0 Å². The summed E-state index contributed by atoms with van der Waals surface area (Å²) >= 11 is 1.41. The van der Waals surface area contributed by atoms with Crippen molar-refractivity contribution in [3.8, 4) is 0 Å². The van der Waals surface area contributed by atoms with Crippen LogP contribution in [0.2, 0.25) is 0 Å². The molecule has 132 valence electrons. The highest BCUT2D eigenvalue weighted by molar-refractivity contribution is 7.17. The van der Waals surface area contributed by atoms with Crippen LogP contribution < -0.4 is 10.7 Å². The zero-order valence-electron chi connectivity index (χ0n) is 14.3. The molecule has 0 bridgehead atoms. The van der Waals surface area contributed by atoms with Crippen LogP contribution in [0.1, 0.15) is 19.4 Å². The fourth-order valence-electron chi connectivity index (χ4n) is 2.17. The first-order valence-corrected chi connectivity index (χ1v) is 8.69. The van der Waals surface area contributed by atoms with E-state index in [1.165, 1.54) is 11.3 Å². The Balaban J connectivity index is 2.38. The maximum Gasteiger partial charge on any atom is 0.347 e. The SMILES string of the molecule is CCOC(=O)C(=CNc1csc2c(C)cccc2c1=O)C(=O)OCC. The van der Waals surface area contributed by atoms with Gasteiger partial charge in [-0.1, -0.05) is 12.1 Å². The van der Waals surface area contributed by atoms with Crippen molar-refractivity contribution < 1.29 is 19.1 Å². The van der Waals surface area contributed by atoms with Gasteiger partial charge in [0.15, 0.2) is 5.57 Å². The first kappa shape index (κ1) is 18.7. The Kier molecular flexibility index (Phi) is 6.30. The third-order valence-electron chi connectivity index (χ3n) is 3.36. The molecule has 1 heterocycles. The lowest BCUT2D eigenvalue weighted by molar-refractivity contribution is -0.146. The Hall–Kier alpha value is -2.67. The van der Waals surface area contributed by atoms with Crippen molar-refractivity contribution in [2.24, 2.45) is 0 Å². The van der Waals surface area contributed by atoms with Crippen LogP contribution in [0.25, 0.3) is 10.1 Å². The maximum absolute atomic E-state index is 12.6. The predicted octanol–water partition coefficient (Wildman–Crippen LogP) is 2.99. The molecular formula is C18H19NO5S. The minimum Gasteiger partial charge on any atom is -0.462 e. The Morgan fingerprint density at radius 2 is 1.80 bits per heavy atom. The standard InChI is InChI=1S/C18H19NO5S/c1-4-23-17(21)13(18(22)24-5-2)9-19-14-10-25-16-11(3)7-6-8-12(16)15(14)20/h6-10,19H,4-5H2,1-3H3. The number of hydrogen-bond donors (Lipinski definition) is 1. The van der Waals surface area contributed by atoms with Crippen LogP contribution in [0.5, 0.6) is 0 Å². The fraction of sp³-hybridized carbons (Fsp3) is 0.278. The number of fused-ring (bicyclic) bond motifs is 1. The van der Waals surface area contributed by atoms with E-state index in [-0.39, 0.29) is 29.9 Å². The average molecular weight is 361 g/mol. The summed E-state index contributed by atoms with van der Waals surface area (Å²) < 4.78 is 10.6. The molecule has 0 spiro atoms. The maximum atomic E-state index is 12.6. The molecule has 25 heavy (non-hydrogen) atoms. The minimum absolute atomic E-state index is 0.125. The highest BCUT2D eigenvalue weighted by Crippen LogP contribution is 2.22. The van der Waals surface area contributed by atoms with Crippen molar-refractivity contribution in [2.75, 3.05) is 18.5 Å². The molecule has 0 fully saturated rings. The molecule has 0 amide bonds. The highest BCUT2D eigenvalue weighted by atomic mass is 32.1. The molecule has 0 aliphatic heterocycles. The molecule has 0 saturated heterocycles. The number of esters is 2. The number of benzene rings is 1. The number of carbonyl (C=O) groups excluding carboxylic acids is 2. The van der Waals surface area contributed by atoms with Gasteiger partial charge in [-0.25, -0.2) is 9.59 Å². The van der Waals surface area contributed by atoms with E-state index < -0.39 is 11.9 Å². The molecule has 0 unspecified atom stereocenters. The number of aryl methyl sites for hydroxylation is 1. The lowest BCUT2D eigenvalue weighted by Gasteiger charge is -2.08. The van der Waals surface area contributed by atoms with Crippen molar-refractivity contribution in [1.82, 2.24) is 0 Å². The summed E-state index contributed by atoms with van der Waals surface area (Å²) in [6.45, 7) is 5.46. The van der Waals surface area contributed by atoms with E-state index in [4.69, 9.17) is 9.47 Å². The van der Waals surface area contributed by atoms with Crippen LogP contribution >= 0.6 is 11.3 Å². The third kappa shape index (κ3) is 4.24. The van der Waals surface area contributed by atoms with Gasteiger partial charge < -0.3 is 14.8 Å². The van der Waals surface area contributed by atoms with E-state index in [9.17, 15) is 14.4 Å². The molecular weight excluding hydrogens is 342 g/mol. The normalized spacial score (nSPS) is 10.2. The van der Waals surface area contributed by atoms with Crippen LogP contribution in [0, 0.1) is 6.92 Å². The first-order chi connectivity index (χ1) is 12.0. The van der Waals surface area contributed by atoms with Gasteiger partial charge in [-0.3, -0.25) is 4.79 Å². The second-order valence-electron chi connectivity index (χ2n) is 5.07. The predicted molar refractivity (Wildman–Crippen MR) is 97.8 cm³/mol. The Morgan fingerprint density at radius 1 is 1.16 bits per heavy atom. The Morgan fingerprint density at radius 3 is 2.40 bits per heavy atom. The average Bonchev–Trinajstić information content (AvgIpc) is 2.58. The van der Waals surface area contributed by atoms with Gasteiger partial charge in [0.2, 0.25) is 5.43 Å². The van der Waals surface area contributed by atoms with Gasteiger partial charge in [-0.2, -0.15) is 0 Å². The van der Waals surface area contributed by atoms with Gasteiger partial charge >= 0.3 is 11.9 Å². The fourth-order valence-corrected chi connectivity index (χ4v) is 3.12. The monoisotopic (exact) mass is 361 g/mol. The molecule has 0 aliphatic rings. The summed E-state index contributed by atoms with van der Waals surface area (Å²) in [6.07, 6.45) is 1.15. The van der Waals surface area contributed by atoms with Crippen molar-refractivity contribution in [2.45, 2.75) is 20.8 Å². The molecule has 2 rings (SSSR count). The molecule has 0 atom stereocenters. The van der Waals surface area contributed by atoms with E-state index in [0.29, 0.717) is 5.39 Å². The van der Waals surface area contributed by atoms with E-state index in [0.717, 1.165) is 16.5 Å². The van der Waals surface area contributed by atoms with Crippen LogP contribution in [0.15, 0.2) is 40.1 Å². The van der Waals surface area contributed by atoms with E-state index in [1.54, 1.807) is 25.3 Å². The van der Waals surface area contributed by atoms with Crippen LogP contribution in [0.4, 0.5) is 5.69 Å². The number of anilines is 1. The van der Waals surface area contributed by atoms with Crippen molar-refractivity contribution in [3.63, 3.8) is 0 Å².